The van der Waals surface area contributed by atoms with Crippen LogP contribution in [0.1, 0.15) is 20.8 Å². The fraction of sp³-hybridized carbons (Fsp3) is 0.263. The molecular weight excluding hydrogens is 344 g/mol. The standard InChI is InChI=1S/C19H20N6O2/c1-19(2,3)23-18(26)27-14-10-21-17-16(14)22-12(9-20-17)15-11-7-5-6-8-13(11)25(4)24-15/h5-10H,1-4H3,(H,20,21)(H,23,26). The number of benzene rings is 1. The molecule has 0 saturated carbocycles. The van der Waals surface area contributed by atoms with E-state index in [2.05, 4.69) is 25.4 Å². The largest absolute Gasteiger partial charge is 0.413 e. The lowest BCUT2D eigenvalue weighted by Gasteiger charge is -2.19. The smallest absolute Gasteiger partial charge is 0.406 e. The van der Waals surface area contributed by atoms with E-state index < -0.39 is 11.6 Å². The third kappa shape index (κ3) is 3.21. The molecule has 4 rings (SSSR count). The van der Waals surface area contributed by atoms with Crippen LogP contribution in [0.2, 0.25) is 0 Å². The van der Waals surface area contributed by atoms with E-state index in [0.29, 0.717) is 22.6 Å². The lowest BCUT2D eigenvalue weighted by molar-refractivity contribution is 0.191. The van der Waals surface area contributed by atoms with E-state index in [-0.39, 0.29) is 0 Å². The number of rotatable bonds is 2. The number of hydrogen-bond donors (Lipinski definition) is 2. The molecule has 2 N–H and O–H groups in total. The summed E-state index contributed by atoms with van der Waals surface area (Å²) in [5.41, 5.74) is 2.97. The minimum absolute atomic E-state index is 0.321. The molecule has 0 spiro atoms. The van der Waals surface area contributed by atoms with E-state index in [4.69, 9.17) is 4.74 Å². The van der Waals surface area contributed by atoms with Gasteiger partial charge in [0.1, 0.15) is 11.4 Å². The topological polar surface area (TPSA) is 97.7 Å². The first-order valence-corrected chi connectivity index (χ1v) is 8.58. The van der Waals surface area contributed by atoms with Gasteiger partial charge in [-0.05, 0) is 26.8 Å². The highest BCUT2D eigenvalue weighted by molar-refractivity contribution is 5.93. The number of ether oxygens (including phenoxy) is 1. The molecule has 138 valence electrons. The van der Waals surface area contributed by atoms with Crippen molar-refractivity contribution < 1.29 is 9.53 Å². The van der Waals surface area contributed by atoms with Crippen molar-refractivity contribution in [3.05, 3.63) is 36.7 Å². The van der Waals surface area contributed by atoms with Crippen molar-refractivity contribution >= 4 is 28.2 Å². The molecule has 8 nitrogen and oxygen atoms in total. The Bertz CT molecular complexity index is 1150. The molecular formula is C19H20N6O2. The van der Waals surface area contributed by atoms with E-state index in [0.717, 1.165) is 16.6 Å². The highest BCUT2D eigenvalue weighted by Crippen LogP contribution is 2.29. The minimum Gasteiger partial charge on any atom is -0.406 e. The van der Waals surface area contributed by atoms with Gasteiger partial charge in [-0.2, -0.15) is 5.10 Å². The predicted octanol–water partition coefficient (Wildman–Crippen LogP) is 3.40. The van der Waals surface area contributed by atoms with Crippen molar-refractivity contribution in [2.45, 2.75) is 26.3 Å². The zero-order valence-corrected chi connectivity index (χ0v) is 15.6. The number of nitrogens with one attached hydrogen (secondary N) is 2. The first-order valence-electron chi connectivity index (χ1n) is 8.58. The molecule has 0 aliphatic carbocycles. The zero-order chi connectivity index (χ0) is 19.2. The number of hydrogen-bond acceptors (Lipinski definition) is 5. The molecule has 0 radical (unpaired) electrons. The molecule has 0 fully saturated rings. The number of aryl methyl sites for hydroxylation is 1. The SMILES string of the molecule is Cn1nc(-c2cnc3[nH]cc(OC(=O)NC(C)(C)C)c3n2)c2ccccc21. The second-order valence-corrected chi connectivity index (χ2v) is 7.36. The number of nitrogens with zero attached hydrogens (tertiary/aromatic N) is 4. The summed E-state index contributed by atoms with van der Waals surface area (Å²) in [5.74, 6) is 0.321. The summed E-state index contributed by atoms with van der Waals surface area (Å²) >= 11 is 0. The molecule has 8 heteroatoms. The average molecular weight is 364 g/mol. The molecule has 0 saturated heterocycles. The molecule has 1 amide bonds. The normalized spacial score (nSPS) is 11.9. The molecule has 3 heterocycles. The van der Waals surface area contributed by atoms with Gasteiger partial charge in [0.15, 0.2) is 16.9 Å². The summed E-state index contributed by atoms with van der Waals surface area (Å²) in [6, 6.07) is 7.92. The van der Waals surface area contributed by atoms with Crippen LogP contribution < -0.4 is 10.1 Å². The van der Waals surface area contributed by atoms with Gasteiger partial charge in [0.05, 0.1) is 11.7 Å². The first kappa shape index (κ1) is 17.0. The third-order valence-corrected chi connectivity index (χ3v) is 4.03. The molecule has 3 aromatic heterocycles. The number of carbonyl (C=O) groups is 1. The van der Waals surface area contributed by atoms with E-state index in [1.54, 1.807) is 12.4 Å². The number of H-pyrrole nitrogens is 1. The first-order chi connectivity index (χ1) is 12.8. The fourth-order valence-electron chi connectivity index (χ4n) is 2.90. The summed E-state index contributed by atoms with van der Waals surface area (Å²) in [6.07, 6.45) is 2.69. The average Bonchev–Trinajstić information content (AvgIpc) is 3.15. The van der Waals surface area contributed by atoms with Crippen LogP contribution in [0, 0.1) is 0 Å². The number of fused-ring (bicyclic) bond motifs is 2. The van der Waals surface area contributed by atoms with Gasteiger partial charge < -0.3 is 15.0 Å². The maximum atomic E-state index is 12.1. The Hall–Kier alpha value is -3.42. The Morgan fingerprint density at radius 3 is 2.81 bits per heavy atom. The molecule has 0 aliphatic heterocycles. The van der Waals surface area contributed by atoms with E-state index in [9.17, 15) is 4.79 Å². The molecule has 0 atom stereocenters. The Kier molecular flexibility index (Phi) is 3.83. The Morgan fingerprint density at radius 2 is 2.04 bits per heavy atom. The van der Waals surface area contributed by atoms with Gasteiger partial charge >= 0.3 is 6.09 Å². The van der Waals surface area contributed by atoms with Crippen LogP contribution in [-0.2, 0) is 7.05 Å². The summed E-state index contributed by atoms with van der Waals surface area (Å²) in [5, 5.41) is 8.31. The van der Waals surface area contributed by atoms with Gasteiger partial charge in [0.2, 0.25) is 0 Å². The van der Waals surface area contributed by atoms with Crippen molar-refractivity contribution in [1.29, 1.82) is 0 Å². The van der Waals surface area contributed by atoms with Crippen LogP contribution in [-0.4, -0.2) is 36.4 Å². The van der Waals surface area contributed by atoms with E-state index >= 15 is 0 Å². The van der Waals surface area contributed by atoms with E-state index in [1.807, 2.05) is 56.8 Å². The number of para-hydroxylation sites is 1. The highest BCUT2D eigenvalue weighted by Gasteiger charge is 2.19. The van der Waals surface area contributed by atoms with Crippen molar-refractivity contribution in [2.24, 2.45) is 7.05 Å². The van der Waals surface area contributed by atoms with Gasteiger partial charge in [0, 0.05) is 24.2 Å². The monoisotopic (exact) mass is 364 g/mol. The zero-order valence-electron chi connectivity index (χ0n) is 15.6. The van der Waals surface area contributed by atoms with Gasteiger partial charge in [-0.25, -0.2) is 14.8 Å². The van der Waals surface area contributed by atoms with Gasteiger partial charge in [0.25, 0.3) is 0 Å². The molecule has 0 aliphatic rings. The number of aromatic nitrogens is 5. The van der Waals surface area contributed by atoms with Crippen molar-refractivity contribution in [3.8, 4) is 17.1 Å². The maximum Gasteiger partial charge on any atom is 0.413 e. The lowest BCUT2D eigenvalue weighted by atomic mass is 10.1. The van der Waals surface area contributed by atoms with Crippen LogP contribution in [0.3, 0.4) is 0 Å². The van der Waals surface area contributed by atoms with Gasteiger partial charge in [-0.15, -0.1) is 0 Å². The molecule has 27 heavy (non-hydrogen) atoms. The van der Waals surface area contributed by atoms with Crippen molar-refractivity contribution in [3.63, 3.8) is 0 Å². The highest BCUT2D eigenvalue weighted by atomic mass is 16.6. The number of carbonyl (C=O) groups excluding carboxylic acids is 1. The molecule has 0 bridgehead atoms. The molecule has 4 aromatic rings. The minimum atomic E-state index is -0.543. The molecule has 0 unspecified atom stereocenters. The van der Waals surface area contributed by atoms with Crippen LogP contribution in [0.5, 0.6) is 5.75 Å². The van der Waals surface area contributed by atoms with Gasteiger partial charge in [-0.1, -0.05) is 18.2 Å². The van der Waals surface area contributed by atoms with Crippen LogP contribution in [0.15, 0.2) is 36.7 Å². The Morgan fingerprint density at radius 1 is 1.26 bits per heavy atom. The fourth-order valence-corrected chi connectivity index (χ4v) is 2.90. The van der Waals surface area contributed by atoms with Crippen LogP contribution in [0.4, 0.5) is 4.79 Å². The summed E-state index contributed by atoms with van der Waals surface area (Å²) in [6.45, 7) is 5.65. The summed E-state index contributed by atoms with van der Waals surface area (Å²) in [4.78, 5) is 24.1. The Balaban J connectivity index is 1.75. The van der Waals surface area contributed by atoms with E-state index in [1.165, 1.54) is 0 Å². The second-order valence-electron chi connectivity index (χ2n) is 7.36. The number of amides is 1. The number of aromatic amines is 1. The maximum absolute atomic E-state index is 12.1. The quantitative estimate of drug-likeness (QED) is 0.568. The predicted molar refractivity (Wildman–Crippen MR) is 103 cm³/mol. The second kappa shape index (κ2) is 6.08. The summed E-state index contributed by atoms with van der Waals surface area (Å²) < 4.78 is 7.23. The van der Waals surface area contributed by atoms with Crippen molar-refractivity contribution in [2.75, 3.05) is 0 Å². The molecule has 1 aromatic carbocycles. The van der Waals surface area contributed by atoms with Crippen molar-refractivity contribution in [1.82, 2.24) is 30.0 Å². The Labute approximate surface area is 155 Å². The van der Waals surface area contributed by atoms with Crippen LogP contribution in [0.25, 0.3) is 33.5 Å². The summed E-state index contributed by atoms with van der Waals surface area (Å²) in [7, 11) is 1.89. The lowest BCUT2D eigenvalue weighted by Crippen LogP contribution is -2.42. The third-order valence-electron chi connectivity index (χ3n) is 4.03. The van der Waals surface area contributed by atoms with Crippen LogP contribution >= 0.6 is 0 Å². The van der Waals surface area contributed by atoms with Gasteiger partial charge in [-0.3, -0.25) is 4.68 Å².